The van der Waals surface area contributed by atoms with Crippen LogP contribution in [0.25, 0.3) is 0 Å². The Hall–Kier alpha value is -1.22. The molecule has 2 amide bonds. The number of anilines is 1. The Morgan fingerprint density at radius 2 is 2.20 bits per heavy atom. The average molecular weight is 227 g/mol. The normalized spacial score (nSPS) is 9.87. The van der Waals surface area contributed by atoms with Crippen LogP contribution in [0.4, 0.5) is 10.5 Å². The minimum absolute atomic E-state index is 0.145. The zero-order valence-electron chi connectivity index (χ0n) is 9.17. The molecule has 0 bridgehead atoms. The van der Waals surface area contributed by atoms with Gasteiger partial charge in [-0.15, -0.1) is 0 Å². The summed E-state index contributed by atoms with van der Waals surface area (Å²) in [5, 5.41) is 3.35. The van der Waals surface area contributed by atoms with Crippen molar-refractivity contribution < 1.29 is 4.79 Å². The fourth-order valence-electron chi connectivity index (χ4n) is 1.14. The predicted molar refractivity (Wildman–Crippen MR) is 63.5 cm³/mol. The molecule has 0 saturated heterocycles. The van der Waals surface area contributed by atoms with Crippen LogP contribution in [0.2, 0.25) is 5.02 Å². The van der Waals surface area contributed by atoms with Crippen LogP contribution >= 0.6 is 11.6 Å². The van der Waals surface area contributed by atoms with E-state index in [1.165, 1.54) is 0 Å². The lowest BCUT2D eigenvalue weighted by Gasteiger charge is -2.17. The van der Waals surface area contributed by atoms with Gasteiger partial charge in [0, 0.05) is 13.6 Å². The monoisotopic (exact) mass is 226 g/mol. The summed E-state index contributed by atoms with van der Waals surface area (Å²) >= 11 is 5.99. The highest BCUT2D eigenvalue weighted by Gasteiger charge is 2.10. The van der Waals surface area contributed by atoms with Crippen molar-refractivity contribution in [3.8, 4) is 0 Å². The van der Waals surface area contributed by atoms with Crippen molar-refractivity contribution in [2.45, 2.75) is 13.8 Å². The molecule has 15 heavy (non-hydrogen) atoms. The molecule has 1 aromatic carbocycles. The van der Waals surface area contributed by atoms with Crippen molar-refractivity contribution in [3.63, 3.8) is 0 Å². The molecule has 0 radical (unpaired) electrons. The lowest BCUT2D eigenvalue weighted by atomic mass is 10.2. The Bertz CT molecular complexity index is 345. The number of rotatable bonds is 2. The summed E-state index contributed by atoms with van der Waals surface area (Å²) in [7, 11) is 1.74. The fourth-order valence-corrected chi connectivity index (χ4v) is 1.41. The SMILES string of the molecule is CCN(C)C(=O)Nc1c(C)cccc1Cl. The second-order valence-corrected chi connectivity index (χ2v) is 3.78. The third-order valence-electron chi connectivity index (χ3n) is 2.27. The van der Waals surface area contributed by atoms with E-state index in [4.69, 9.17) is 11.6 Å². The molecule has 0 aliphatic carbocycles. The minimum atomic E-state index is -0.145. The number of hydrogen-bond acceptors (Lipinski definition) is 1. The van der Waals surface area contributed by atoms with Crippen LogP contribution < -0.4 is 5.32 Å². The van der Waals surface area contributed by atoms with Gasteiger partial charge in [-0.2, -0.15) is 0 Å². The van der Waals surface area contributed by atoms with Crippen LogP contribution in [-0.4, -0.2) is 24.5 Å². The van der Waals surface area contributed by atoms with E-state index in [0.717, 1.165) is 5.56 Å². The van der Waals surface area contributed by atoms with Crippen molar-refractivity contribution in [1.29, 1.82) is 0 Å². The first-order valence-corrected chi connectivity index (χ1v) is 5.21. The first-order valence-electron chi connectivity index (χ1n) is 4.83. The van der Waals surface area contributed by atoms with Gasteiger partial charge in [0.2, 0.25) is 0 Å². The van der Waals surface area contributed by atoms with E-state index in [1.54, 1.807) is 18.0 Å². The number of carbonyl (C=O) groups is 1. The lowest BCUT2D eigenvalue weighted by Crippen LogP contribution is -2.31. The summed E-state index contributed by atoms with van der Waals surface area (Å²) in [5.74, 6) is 0. The van der Waals surface area contributed by atoms with E-state index in [9.17, 15) is 4.79 Å². The van der Waals surface area contributed by atoms with Crippen LogP contribution in [0.3, 0.4) is 0 Å². The zero-order chi connectivity index (χ0) is 11.4. The quantitative estimate of drug-likeness (QED) is 0.826. The second kappa shape index (κ2) is 5.03. The van der Waals surface area contributed by atoms with Gasteiger partial charge in [0.25, 0.3) is 0 Å². The van der Waals surface area contributed by atoms with Gasteiger partial charge in [-0.05, 0) is 25.5 Å². The van der Waals surface area contributed by atoms with E-state index >= 15 is 0 Å². The van der Waals surface area contributed by atoms with Crippen molar-refractivity contribution >= 4 is 23.3 Å². The molecule has 0 unspecified atom stereocenters. The molecule has 0 heterocycles. The van der Waals surface area contributed by atoms with E-state index in [2.05, 4.69) is 5.32 Å². The summed E-state index contributed by atoms with van der Waals surface area (Å²) in [6.07, 6.45) is 0. The highest BCUT2D eigenvalue weighted by Crippen LogP contribution is 2.25. The van der Waals surface area contributed by atoms with E-state index in [0.29, 0.717) is 17.3 Å². The summed E-state index contributed by atoms with van der Waals surface area (Å²) in [6.45, 7) is 4.49. The average Bonchev–Trinajstić information content (AvgIpc) is 2.22. The molecular weight excluding hydrogens is 212 g/mol. The molecule has 3 nitrogen and oxygen atoms in total. The number of carbonyl (C=O) groups excluding carboxylic acids is 1. The largest absolute Gasteiger partial charge is 0.328 e. The number of halogens is 1. The Morgan fingerprint density at radius 3 is 2.73 bits per heavy atom. The van der Waals surface area contributed by atoms with Crippen molar-refractivity contribution in [1.82, 2.24) is 4.90 Å². The van der Waals surface area contributed by atoms with Crippen molar-refractivity contribution in [3.05, 3.63) is 28.8 Å². The van der Waals surface area contributed by atoms with E-state index in [-0.39, 0.29) is 6.03 Å². The number of benzene rings is 1. The molecule has 4 heteroatoms. The molecule has 1 N–H and O–H groups in total. The zero-order valence-corrected chi connectivity index (χ0v) is 9.93. The second-order valence-electron chi connectivity index (χ2n) is 3.38. The summed E-state index contributed by atoms with van der Waals surface area (Å²) in [6, 6.07) is 5.38. The standard InChI is InChI=1S/C11H15ClN2O/c1-4-14(3)11(15)13-10-8(2)6-5-7-9(10)12/h5-7H,4H2,1-3H3,(H,13,15). The molecule has 1 rings (SSSR count). The van der Waals surface area contributed by atoms with Crippen LogP contribution in [0, 0.1) is 6.92 Å². The molecule has 0 fully saturated rings. The van der Waals surface area contributed by atoms with Crippen LogP contribution in [-0.2, 0) is 0 Å². The number of nitrogens with zero attached hydrogens (tertiary/aromatic N) is 1. The fraction of sp³-hybridized carbons (Fsp3) is 0.364. The number of amides is 2. The van der Waals surface area contributed by atoms with E-state index in [1.807, 2.05) is 26.0 Å². The molecule has 0 atom stereocenters. The number of nitrogens with one attached hydrogen (secondary N) is 1. The highest BCUT2D eigenvalue weighted by atomic mass is 35.5. The smallest absolute Gasteiger partial charge is 0.321 e. The molecule has 0 aliphatic rings. The third kappa shape index (κ3) is 2.86. The number of para-hydroxylation sites is 1. The van der Waals surface area contributed by atoms with Crippen LogP contribution in [0.5, 0.6) is 0 Å². The topological polar surface area (TPSA) is 32.3 Å². The maximum Gasteiger partial charge on any atom is 0.321 e. The Balaban J connectivity index is 2.85. The van der Waals surface area contributed by atoms with Crippen molar-refractivity contribution in [2.75, 3.05) is 18.9 Å². The highest BCUT2D eigenvalue weighted by molar-refractivity contribution is 6.33. The van der Waals surface area contributed by atoms with Gasteiger partial charge in [0.1, 0.15) is 0 Å². The van der Waals surface area contributed by atoms with Gasteiger partial charge in [0.05, 0.1) is 10.7 Å². The van der Waals surface area contributed by atoms with E-state index < -0.39 is 0 Å². The minimum Gasteiger partial charge on any atom is -0.328 e. The molecule has 1 aromatic rings. The number of hydrogen-bond donors (Lipinski definition) is 1. The first-order chi connectivity index (χ1) is 7.06. The van der Waals surface area contributed by atoms with Crippen LogP contribution in [0.1, 0.15) is 12.5 Å². The Labute approximate surface area is 95.0 Å². The van der Waals surface area contributed by atoms with Gasteiger partial charge in [-0.25, -0.2) is 4.79 Å². The van der Waals surface area contributed by atoms with Gasteiger partial charge in [-0.1, -0.05) is 23.7 Å². The lowest BCUT2D eigenvalue weighted by molar-refractivity contribution is 0.224. The van der Waals surface area contributed by atoms with Gasteiger partial charge in [0.15, 0.2) is 0 Å². The van der Waals surface area contributed by atoms with Gasteiger partial charge in [-0.3, -0.25) is 0 Å². The Morgan fingerprint density at radius 1 is 1.53 bits per heavy atom. The molecule has 0 spiro atoms. The van der Waals surface area contributed by atoms with Gasteiger partial charge < -0.3 is 10.2 Å². The number of aryl methyl sites for hydroxylation is 1. The molecule has 0 aromatic heterocycles. The third-order valence-corrected chi connectivity index (χ3v) is 2.59. The first kappa shape index (κ1) is 11.9. The number of urea groups is 1. The van der Waals surface area contributed by atoms with Gasteiger partial charge >= 0.3 is 6.03 Å². The summed E-state index contributed by atoms with van der Waals surface area (Å²) in [5.41, 5.74) is 1.64. The maximum absolute atomic E-state index is 11.6. The summed E-state index contributed by atoms with van der Waals surface area (Å²) < 4.78 is 0. The summed E-state index contributed by atoms with van der Waals surface area (Å²) in [4.78, 5) is 13.2. The molecular formula is C11H15ClN2O. The molecule has 82 valence electrons. The maximum atomic E-state index is 11.6. The predicted octanol–water partition coefficient (Wildman–Crippen LogP) is 3.13. The van der Waals surface area contributed by atoms with Crippen molar-refractivity contribution in [2.24, 2.45) is 0 Å². The molecule has 0 saturated carbocycles. The molecule has 0 aliphatic heterocycles. The Kier molecular flexibility index (Phi) is 3.97. The van der Waals surface area contributed by atoms with Crippen LogP contribution in [0.15, 0.2) is 18.2 Å².